The van der Waals surface area contributed by atoms with E-state index in [1.807, 2.05) is 11.8 Å². The Morgan fingerprint density at radius 3 is 2.48 bits per heavy atom. The minimum absolute atomic E-state index is 0.0183. The van der Waals surface area contributed by atoms with Crippen LogP contribution in [0.25, 0.3) is 0 Å². The molecule has 7 atom stereocenters. The maximum absolute atomic E-state index is 11.4. The predicted octanol–water partition coefficient (Wildman–Crippen LogP) is 5.37. The molecule has 0 aromatic carbocycles. The van der Waals surface area contributed by atoms with Gasteiger partial charge in [0.2, 0.25) is 0 Å². The average Bonchev–Trinajstić information content (AvgIpc) is 2.50. The van der Waals surface area contributed by atoms with Crippen LogP contribution in [0.3, 0.4) is 0 Å². The lowest BCUT2D eigenvalue weighted by Gasteiger charge is -2.70. The maximum atomic E-state index is 11.4. The zero-order valence-corrected chi connectivity index (χ0v) is 16.4. The van der Waals surface area contributed by atoms with Crippen LogP contribution in [0.15, 0.2) is 0 Å². The molecule has 1 N–H and O–H groups in total. The maximum Gasteiger partial charge on any atom is 0.0637 e. The Bertz CT molecular complexity index is 474. The van der Waals surface area contributed by atoms with Crippen molar-refractivity contribution < 1.29 is 5.11 Å². The molecule has 2 bridgehead atoms. The highest BCUT2D eigenvalue weighted by atomic mass is 32.2. The summed E-state index contributed by atoms with van der Waals surface area (Å²) in [5.41, 5.74) is 1.27. The van der Waals surface area contributed by atoms with Gasteiger partial charge in [0.05, 0.1) is 6.10 Å². The zero-order chi connectivity index (χ0) is 16.5. The standard InChI is InChI=1S/C21H36OS/c1-19(2)8-5-9-20(3)16(19)7-11-21-10-6-14(12-17(20)21)15(13-23-4)18(21)22/h14-18,22H,5-13H2,1-4H3/t14-,15-,16+,17-,18+,20+,21-/m0/s1. The molecule has 1 nitrogen and oxygen atoms in total. The minimum atomic E-state index is -0.0183. The second-order valence-corrected chi connectivity index (χ2v) is 11.2. The molecule has 0 heterocycles. The number of rotatable bonds is 2. The second-order valence-electron chi connectivity index (χ2n) is 10.3. The lowest BCUT2D eigenvalue weighted by atomic mass is 9.36. The average molecular weight is 337 g/mol. The van der Waals surface area contributed by atoms with E-state index in [1.165, 1.54) is 57.1 Å². The molecule has 2 heteroatoms. The summed E-state index contributed by atoms with van der Waals surface area (Å²) in [7, 11) is 0. The Labute approximate surface area is 147 Å². The van der Waals surface area contributed by atoms with E-state index in [4.69, 9.17) is 0 Å². The van der Waals surface area contributed by atoms with Gasteiger partial charge in [-0.2, -0.15) is 11.8 Å². The number of hydrogen-bond donors (Lipinski definition) is 1. The molecule has 5 aliphatic carbocycles. The number of fused-ring (bicyclic) bond motifs is 3. The molecule has 5 aliphatic rings. The van der Waals surface area contributed by atoms with Gasteiger partial charge in [0.1, 0.15) is 0 Å². The van der Waals surface area contributed by atoms with Crippen molar-refractivity contribution in [3.8, 4) is 0 Å². The SMILES string of the molecule is CSC[C@H]1[C@H]2CC[C@@]3(CC[C@@H]4C(C)(C)CCC[C@@]4(C)[C@@H]3C2)[C@@H]1O. The zero-order valence-electron chi connectivity index (χ0n) is 15.6. The molecule has 23 heavy (non-hydrogen) atoms. The lowest BCUT2D eigenvalue weighted by Crippen LogP contribution is -2.66. The number of aliphatic hydroxyl groups excluding tert-OH is 1. The fourth-order valence-electron chi connectivity index (χ4n) is 8.22. The molecule has 1 spiro atoms. The third-order valence-corrected chi connectivity index (χ3v) is 9.86. The van der Waals surface area contributed by atoms with E-state index in [0.717, 1.165) is 17.8 Å². The third kappa shape index (κ3) is 2.16. The van der Waals surface area contributed by atoms with E-state index < -0.39 is 0 Å². The van der Waals surface area contributed by atoms with Gasteiger partial charge in [0, 0.05) is 0 Å². The first kappa shape index (κ1) is 16.8. The molecule has 0 radical (unpaired) electrons. The van der Waals surface area contributed by atoms with E-state index in [-0.39, 0.29) is 11.5 Å². The van der Waals surface area contributed by atoms with Crippen LogP contribution in [0.2, 0.25) is 0 Å². The smallest absolute Gasteiger partial charge is 0.0637 e. The molecular weight excluding hydrogens is 300 g/mol. The van der Waals surface area contributed by atoms with Crippen LogP contribution >= 0.6 is 11.8 Å². The highest BCUT2D eigenvalue weighted by Gasteiger charge is 2.66. The summed E-state index contributed by atoms with van der Waals surface area (Å²) in [6.45, 7) is 7.68. The fraction of sp³-hybridized carbons (Fsp3) is 1.00. The summed E-state index contributed by atoms with van der Waals surface area (Å²) in [5.74, 6) is 4.22. The van der Waals surface area contributed by atoms with Gasteiger partial charge in [-0.25, -0.2) is 0 Å². The number of hydrogen-bond acceptors (Lipinski definition) is 2. The molecule has 0 unspecified atom stereocenters. The van der Waals surface area contributed by atoms with Gasteiger partial charge in [0.15, 0.2) is 0 Å². The highest BCUT2D eigenvalue weighted by Crippen LogP contribution is 2.72. The van der Waals surface area contributed by atoms with Crippen LogP contribution in [-0.4, -0.2) is 23.2 Å². The highest BCUT2D eigenvalue weighted by molar-refractivity contribution is 7.98. The molecule has 132 valence electrons. The molecule has 0 amide bonds. The van der Waals surface area contributed by atoms with Gasteiger partial charge in [-0.3, -0.25) is 0 Å². The Hall–Kier alpha value is 0.310. The van der Waals surface area contributed by atoms with Crippen LogP contribution in [0.5, 0.6) is 0 Å². The summed E-state index contributed by atoms with van der Waals surface area (Å²) in [6.07, 6.45) is 13.2. The molecule has 5 fully saturated rings. The molecule has 0 aromatic heterocycles. The Balaban J connectivity index is 1.71. The minimum Gasteiger partial charge on any atom is -0.392 e. The van der Waals surface area contributed by atoms with Crippen molar-refractivity contribution in [3.63, 3.8) is 0 Å². The number of aliphatic hydroxyl groups is 1. The van der Waals surface area contributed by atoms with Crippen molar-refractivity contribution in [3.05, 3.63) is 0 Å². The van der Waals surface area contributed by atoms with Crippen molar-refractivity contribution in [2.45, 2.75) is 78.2 Å². The quantitative estimate of drug-likeness (QED) is 0.731. The monoisotopic (exact) mass is 336 g/mol. The van der Waals surface area contributed by atoms with Crippen molar-refractivity contribution in [1.82, 2.24) is 0 Å². The Morgan fingerprint density at radius 1 is 1.00 bits per heavy atom. The summed E-state index contributed by atoms with van der Waals surface area (Å²) in [6, 6.07) is 0. The molecule has 5 saturated carbocycles. The largest absolute Gasteiger partial charge is 0.392 e. The fourth-order valence-corrected chi connectivity index (χ4v) is 9.06. The first-order chi connectivity index (χ1) is 10.8. The van der Waals surface area contributed by atoms with Crippen LogP contribution in [-0.2, 0) is 0 Å². The van der Waals surface area contributed by atoms with Crippen molar-refractivity contribution >= 4 is 11.8 Å². The topological polar surface area (TPSA) is 20.2 Å². The van der Waals surface area contributed by atoms with Gasteiger partial charge in [0.25, 0.3) is 0 Å². The summed E-state index contributed by atoms with van der Waals surface area (Å²) < 4.78 is 0. The summed E-state index contributed by atoms with van der Waals surface area (Å²) in [5, 5.41) is 11.4. The van der Waals surface area contributed by atoms with E-state index in [1.54, 1.807) is 0 Å². The van der Waals surface area contributed by atoms with E-state index >= 15 is 0 Å². The van der Waals surface area contributed by atoms with Gasteiger partial charge in [-0.05, 0) is 96.9 Å². The van der Waals surface area contributed by atoms with E-state index in [9.17, 15) is 5.11 Å². The number of thioether (sulfide) groups is 1. The van der Waals surface area contributed by atoms with Crippen molar-refractivity contribution in [2.75, 3.05) is 12.0 Å². The van der Waals surface area contributed by atoms with Gasteiger partial charge in [-0.15, -0.1) is 0 Å². The van der Waals surface area contributed by atoms with Crippen molar-refractivity contribution in [1.29, 1.82) is 0 Å². The van der Waals surface area contributed by atoms with Crippen LogP contribution in [0, 0.1) is 39.9 Å². The molecule has 0 aromatic rings. The first-order valence-corrected chi connectivity index (χ1v) is 11.4. The second kappa shape index (κ2) is 5.40. The van der Waals surface area contributed by atoms with E-state index in [2.05, 4.69) is 27.0 Å². The molecular formula is C21H36OS. The van der Waals surface area contributed by atoms with Crippen molar-refractivity contribution in [2.24, 2.45) is 39.9 Å². The molecule has 0 aliphatic heterocycles. The van der Waals surface area contributed by atoms with Gasteiger partial charge in [-0.1, -0.05) is 27.2 Å². The van der Waals surface area contributed by atoms with Crippen LogP contribution in [0.4, 0.5) is 0 Å². The van der Waals surface area contributed by atoms with E-state index in [0.29, 0.717) is 16.7 Å². The van der Waals surface area contributed by atoms with Gasteiger partial charge < -0.3 is 5.11 Å². The van der Waals surface area contributed by atoms with Crippen LogP contribution < -0.4 is 0 Å². The molecule has 5 rings (SSSR count). The molecule has 0 saturated heterocycles. The predicted molar refractivity (Wildman–Crippen MR) is 99.6 cm³/mol. The Kier molecular flexibility index (Phi) is 3.94. The first-order valence-electron chi connectivity index (χ1n) is 10.0. The summed E-state index contributed by atoms with van der Waals surface area (Å²) in [4.78, 5) is 0. The normalized spacial score (nSPS) is 54.4. The lowest BCUT2D eigenvalue weighted by molar-refractivity contribution is -0.238. The third-order valence-electron chi connectivity index (χ3n) is 9.14. The summed E-state index contributed by atoms with van der Waals surface area (Å²) >= 11 is 1.95. The van der Waals surface area contributed by atoms with Crippen LogP contribution in [0.1, 0.15) is 72.1 Å². The van der Waals surface area contributed by atoms with Gasteiger partial charge >= 0.3 is 0 Å². The Morgan fingerprint density at radius 2 is 1.74 bits per heavy atom.